The van der Waals surface area contributed by atoms with Crippen molar-refractivity contribution in [3.05, 3.63) is 57.7 Å². The number of fused-ring (bicyclic) bond motifs is 1. The van der Waals surface area contributed by atoms with E-state index in [1.807, 2.05) is 31.2 Å². The van der Waals surface area contributed by atoms with Crippen LogP contribution in [0.5, 0.6) is 5.75 Å². The first kappa shape index (κ1) is 21.5. The predicted molar refractivity (Wildman–Crippen MR) is 117 cm³/mol. The molecule has 29 heavy (non-hydrogen) atoms. The van der Waals surface area contributed by atoms with Crippen LogP contribution >= 0.6 is 11.3 Å². The van der Waals surface area contributed by atoms with E-state index in [1.54, 1.807) is 29.9 Å². The summed E-state index contributed by atoms with van der Waals surface area (Å²) in [6, 6.07) is 11.9. The molecule has 1 atom stereocenters. The molecule has 2 aromatic carbocycles. The largest absolute Gasteiger partial charge is 0.497 e. The lowest BCUT2D eigenvalue weighted by molar-refractivity contribution is 0.414. The summed E-state index contributed by atoms with van der Waals surface area (Å²) in [6.07, 6.45) is 0.660. The molecule has 3 aromatic rings. The van der Waals surface area contributed by atoms with E-state index in [2.05, 4.69) is 18.6 Å². The molecule has 3 rings (SSSR count). The van der Waals surface area contributed by atoms with E-state index in [0.29, 0.717) is 23.6 Å². The second kappa shape index (κ2) is 8.69. The highest BCUT2D eigenvalue weighted by Gasteiger charge is 2.23. The van der Waals surface area contributed by atoms with E-state index >= 15 is 0 Å². The van der Waals surface area contributed by atoms with Crippen molar-refractivity contribution in [3.63, 3.8) is 0 Å². The monoisotopic (exact) mass is 434 g/mol. The Kier molecular flexibility index (Phi) is 6.45. The first-order valence-electron chi connectivity index (χ1n) is 9.54. The summed E-state index contributed by atoms with van der Waals surface area (Å²) in [5, 5.41) is 0. The number of nitrogens with one attached hydrogen (secondary N) is 1. The average molecular weight is 435 g/mol. The minimum atomic E-state index is -3.76. The average Bonchev–Trinajstić information content (AvgIpc) is 3.01. The quantitative estimate of drug-likeness (QED) is 0.578. The summed E-state index contributed by atoms with van der Waals surface area (Å²) in [6.45, 7) is 6.56. The van der Waals surface area contributed by atoms with Gasteiger partial charge in [-0.25, -0.2) is 13.1 Å². The summed E-state index contributed by atoms with van der Waals surface area (Å²) in [5.41, 5.74) is 1.64. The molecule has 0 amide bonds. The van der Waals surface area contributed by atoms with E-state index in [4.69, 9.17) is 4.74 Å². The van der Waals surface area contributed by atoms with Gasteiger partial charge < -0.3 is 4.74 Å². The first-order chi connectivity index (χ1) is 13.7. The van der Waals surface area contributed by atoms with Crippen molar-refractivity contribution in [1.29, 1.82) is 0 Å². The Morgan fingerprint density at radius 2 is 1.83 bits per heavy atom. The second-order valence-electron chi connectivity index (χ2n) is 7.32. The number of ether oxygens (including phenoxy) is 1. The Hall–Kier alpha value is -2.16. The van der Waals surface area contributed by atoms with Gasteiger partial charge in [0.2, 0.25) is 10.0 Å². The zero-order valence-corrected chi connectivity index (χ0v) is 18.6. The predicted octanol–water partition coefficient (Wildman–Crippen LogP) is 4.16. The fourth-order valence-electron chi connectivity index (χ4n) is 3.33. The van der Waals surface area contributed by atoms with E-state index in [-0.39, 0.29) is 15.8 Å². The number of aromatic nitrogens is 1. The minimum absolute atomic E-state index is 0.0825. The van der Waals surface area contributed by atoms with E-state index in [9.17, 15) is 13.2 Å². The fourth-order valence-corrected chi connectivity index (χ4v) is 5.66. The van der Waals surface area contributed by atoms with Crippen molar-refractivity contribution in [2.24, 2.45) is 5.92 Å². The van der Waals surface area contributed by atoms with Crippen LogP contribution in [-0.2, 0) is 16.6 Å². The van der Waals surface area contributed by atoms with Crippen molar-refractivity contribution in [2.75, 3.05) is 7.11 Å². The maximum atomic E-state index is 13.1. The summed E-state index contributed by atoms with van der Waals surface area (Å²) in [4.78, 5) is 12.2. The topological polar surface area (TPSA) is 77.4 Å². The molecule has 0 bridgehead atoms. The molecule has 8 heteroatoms. The molecule has 0 saturated heterocycles. The van der Waals surface area contributed by atoms with Crippen LogP contribution in [-0.4, -0.2) is 20.1 Å². The number of hydrogen-bond acceptors (Lipinski definition) is 5. The zero-order chi connectivity index (χ0) is 21.2. The van der Waals surface area contributed by atoms with Crippen LogP contribution in [0.25, 0.3) is 10.2 Å². The molecule has 0 spiro atoms. The molecule has 1 aromatic heterocycles. The highest BCUT2D eigenvalue weighted by atomic mass is 32.2. The van der Waals surface area contributed by atoms with Crippen LogP contribution in [0.4, 0.5) is 0 Å². The second-order valence-corrected chi connectivity index (χ2v) is 10.0. The first-order valence-corrected chi connectivity index (χ1v) is 11.8. The number of benzene rings is 2. The standard InChI is InChI=1S/C21H26N2O4S2/c1-5-23-19-11-10-17(13-20(19)28-21(23)24)29(25,26)22-18(12-14(2)3)15-6-8-16(27-4)9-7-15/h6-11,13-14,18,22H,5,12H2,1-4H3/t18-/m0/s1. The molecule has 1 heterocycles. The number of nitrogens with zero attached hydrogens (tertiary/aromatic N) is 1. The normalized spacial score (nSPS) is 13.1. The molecule has 0 fully saturated rings. The van der Waals surface area contributed by atoms with Gasteiger partial charge in [0.25, 0.3) is 0 Å². The van der Waals surface area contributed by atoms with Gasteiger partial charge in [0.1, 0.15) is 5.75 Å². The number of sulfonamides is 1. The highest BCUT2D eigenvalue weighted by molar-refractivity contribution is 7.89. The molecule has 0 aliphatic carbocycles. The van der Waals surface area contributed by atoms with Gasteiger partial charge in [-0.15, -0.1) is 0 Å². The molecule has 0 aliphatic heterocycles. The maximum absolute atomic E-state index is 13.1. The van der Waals surface area contributed by atoms with Gasteiger partial charge in [-0.05, 0) is 55.2 Å². The van der Waals surface area contributed by atoms with Gasteiger partial charge in [-0.2, -0.15) is 0 Å². The number of rotatable bonds is 8. The fraction of sp³-hybridized carbons (Fsp3) is 0.381. The van der Waals surface area contributed by atoms with Gasteiger partial charge in [-0.1, -0.05) is 37.3 Å². The van der Waals surface area contributed by atoms with Crippen molar-refractivity contribution in [3.8, 4) is 5.75 Å². The Morgan fingerprint density at radius 1 is 1.14 bits per heavy atom. The lowest BCUT2D eigenvalue weighted by Gasteiger charge is -2.21. The lowest BCUT2D eigenvalue weighted by Crippen LogP contribution is -2.29. The van der Waals surface area contributed by atoms with Crippen LogP contribution in [0.2, 0.25) is 0 Å². The molecule has 1 N–H and O–H groups in total. The summed E-state index contributed by atoms with van der Waals surface area (Å²) < 4.78 is 36.6. The summed E-state index contributed by atoms with van der Waals surface area (Å²) in [7, 11) is -2.16. The van der Waals surface area contributed by atoms with E-state index in [1.165, 1.54) is 0 Å². The third-order valence-corrected chi connectivity index (χ3v) is 7.20. The number of methoxy groups -OCH3 is 1. The SMILES string of the molecule is CCn1c(=O)sc2cc(S(=O)(=O)N[C@@H](CC(C)C)c3ccc(OC)cc3)ccc21. The van der Waals surface area contributed by atoms with Gasteiger partial charge in [0.05, 0.1) is 22.2 Å². The molecule has 156 valence electrons. The Balaban J connectivity index is 1.95. The molecular formula is C21H26N2O4S2. The van der Waals surface area contributed by atoms with Crippen molar-refractivity contribution >= 4 is 31.6 Å². The van der Waals surface area contributed by atoms with Gasteiger partial charge in [0, 0.05) is 12.6 Å². The van der Waals surface area contributed by atoms with Crippen LogP contribution < -0.4 is 14.3 Å². The number of hydrogen-bond donors (Lipinski definition) is 1. The molecule has 0 radical (unpaired) electrons. The van der Waals surface area contributed by atoms with Crippen molar-refractivity contribution in [1.82, 2.24) is 9.29 Å². The molecule has 0 unspecified atom stereocenters. The van der Waals surface area contributed by atoms with Crippen molar-refractivity contribution < 1.29 is 13.2 Å². The molecule has 0 saturated carbocycles. The Bertz CT molecular complexity index is 1150. The minimum Gasteiger partial charge on any atom is -0.497 e. The third kappa shape index (κ3) is 4.71. The van der Waals surface area contributed by atoms with Crippen LogP contribution in [0.15, 0.2) is 52.2 Å². The van der Waals surface area contributed by atoms with Crippen LogP contribution in [0.3, 0.4) is 0 Å². The van der Waals surface area contributed by atoms with Crippen molar-refractivity contribution in [2.45, 2.75) is 44.7 Å². The Labute approximate surface area is 175 Å². The highest BCUT2D eigenvalue weighted by Crippen LogP contribution is 2.27. The summed E-state index contributed by atoms with van der Waals surface area (Å²) in [5.74, 6) is 1.02. The van der Waals surface area contributed by atoms with Gasteiger partial charge in [0.15, 0.2) is 0 Å². The number of thiazole rings is 1. The molecule has 0 aliphatic rings. The summed E-state index contributed by atoms with van der Waals surface area (Å²) >= 11 is 1.06. The Morgan fingerprint density at radius 3 is 2.41 bits per heavy atom. The lowest BCUT2D eigenvalue weighted by atomic mass is 9.98. The van der Waals surface area contributed by atoms with E-state index in [0.717, 1.165) is 28.2 Å². The third-order valence-electron chi connectivity index (χ3n) is 4.79. The molecular weight excluding hydrogens is 408 g/mol. The van der Waals surface area contributed by atoms with Gasteiger partial charge >= 0.3 is 4.87 Å². The number of aryl methyl sites for hydroxylation is 1. The van der Waals surface area contributed by atoms with Crippen LogP contribution in [0.1, 0.15) is 38.8 Å². The smallest absolute Gasteiger partial charge is 0.308 e. The molecule has 6 nitrogen and oxygen atoms in total. The maximum Gasteiger partial charge on any atom is 0.308 e. The zero-order valence-electron chi connectivity index (χ0n) is 17.0. The van der Waals surface area contributed by atoms with Gasteiger partial charge in [-0.3, -0.25) is 9.36 Å². The van der Waals surface area contributed by atoms with Crippen LogP contribution in [0, 0.1) is 5.92 Å². The van der Waals surface area contributed by atoms with E-state index < -0.39 is 10.0 Å².